The molecule has 1 aliphatic rings. The fourth-order valence-corrected chi connectivity index (χ4v) is 4.98. The predicted octanol–water partition coefficient (Wildman–Crippen LogP) is 3.70. The SMILES string of the molecule is COC(=O)C1(C(=O)c2cccc(C)c2)CCN(Cc2cnc[nH]2)CC1Cc1ccc(C#N)cc1. The zero-order chi connectivity index (χ0) is 24.1. The van der Waals surface area contributed by atoms with Crippen molar-refractivity contribution in [2.75, 3.05) is 20.2 Å². The van der Waals surface area contributed by atoms with Crippen LogP contribution in [0.25, 0.3) is 0 Å². The van der Waals surface area contributed by atoms with Gasteiger partial charge in [-0.1, -0.05) is 35.9 Å². The Hall–Kier alpha value is -3.76. The molecule has 2 heterocycles. The van der Waals surface area contributed by atoms with Crippen LogP contribution < -0.4 is 0 Å². The number of nitrogens with one attached hydrogen (secondary N) is 1. The largest absolute Gasteiger partial charge is 0.468 e. The van der Waals surface area contributed by atoms with E-state index in [-0.39, 0.29) is 11.7 Å². The van der Waals surface area contributed by atoms with Gasteiger partial charge < -0.3 is 9.72 Å². The lowest BCUT2D eigenvalue weighted by atomic mass is 9.64. The molecule has 2 aromatic carbocycles. The minimum Gasteiger partial charge on any atom is -0.468 e. The second-order valence-electron chi connectivity index (χ2n) is 8.93. The van der Waals surface area contributed by atoms with E-state index in [1.165, 1.54) is 7.11 Å². The summed E-state index contributed by atoms with van der Waals surface area (Å²) in [4.78, 5) is 36.9. The van der Waals surface area contributed by atoms with Gasteiger partial charge in [0.2, 0.25) is 0 Å². The second-order valence-corrected chi connectivity index (χ2v) is 8.93. The number of esters is 1. The molecule has 34 heavy (non-hydrogen) atoms. The molecule has 1 aromatic heterocycles. The van der Waals surface area contributed by atoms with Crippen LogP contribution in [0, 0.1) is 29.6 Å². The van der Waals surface area contributed by atoms with Gasteiger partial charge in [-0.05, 0) is 49.4 Å². The lowest BCUT2D eigenvalue weighted by Gasteiger charge is -2.45. The van der Waals surface area contributed by atoms with E-state index in [2.05, 4.69) is 20.9 Å². The molecule has 0 spiro atoms. The first-order valence-corrected chi connectivity index (χ1v) is 11.3. The van der Waals surface area contributed by atoms with Crippen LogP contribution in [-0.4, -0.2) is 46.8 Å². The molecule has 1 aliphatic heterocycles. The molecule has 2 unspecified atom stereocenters. The molecule has 174 valence electrons. The van der Waals surface area contributed by atoms with Crippen LogP contribution in [0.15, 0.2) is 61.1 Å². The molecule has 1 N–H and O–H groups in total. The number of nitrogens with zero attached hydrogens (tertiary/aromatic N) is 3. The molecule has 0 saturated carbocycles. The van der Waals surface area contributed by atoms with Crippen molar-refractivity contribution in [1.82, 2.24) is 14.9 Å². The Bertz CT molecular complexity index is 1200. The van der Waals surface area contributed by atoms with Crippen LogP contribution in [0.5, 0.6) is 0 Å². The summed E-state index contributed by atoms with van der Waals surface area (Å²) in [7, 11) is 1.35. The van der Waals surface area contributed by atoms with Gasteiger partial charge in [-0.2, -0.15) is 5.26 Å². The van der Waals surface area contributed by atoms with E-state index in [1.54, 1.807) is 30.7 Å². The predicted molar refractivity (Wildman–Crippen MR) is 127 cm³/mol. The Morgan fingerprint density at radius 3 is 2.71 bits per heavy atom. The molecule has 0 amide bonds. The lowest BCUT2D eigenvalue weighted by Crippen LogP contribution is -2.56. The number of hydrogen-bond acceptors (Lipinski definition) is 6. The molecule has 0 radical (unpaired) electrons. The lowest BCUT2D eigenvalue weighted by molar-refractivity contribution is -0.156. The number of benzene rings is 2. The summed E-state index contributed by atoms with van der Waals surface area (Å²) in [6, 6.07) is 16.8. The molecule has 1 fully saturated rings. The highest BCUT2D eigenvalue weighted by Crippen LogP contribution is 2.43. The smallest absolute Gasteiger partial charge is 0.320 e. The third kappa shape index (κ3) is 4.63. The zero-order valence-electron chi connectivity index (χ0n) is 19.5. The van der Waals surface area contributed by atoms with Gasteiger partial charge in [-0.25, -0.2) is 4.98 Å². The van der Waals surface area contributed by atoms with Gasteiger partial charge in [0.25, 0.3) is 0 Å². The average Bonchev–Trinajstić information content (AvgIpc) is 3.37. The summed E-state index contributed by atoms with van der Waals surface area (Å²) >= 11 is 0. The number of H-pyrrole nitrogens is 1. The summed E-state index contributed by atoms with van der Waals surface area (Å²) in [5.74, 6) is -0.987. The fraction of sp³-hybridized carbons (Fsp3) is 0.333. The zero-order valence-corrected chi connectivity index (χ0v) is 19.5. The number of rotatable bonds is 7. The van der Waals surface area contributed by atoms with Crippen molar-refractivity contribution < 1.29 is 14.3 Å². The summed E-state index contributed by atoms with van der Waals surface area (Å²) in [5.41, 5.74) is 2.72. The van der Waals surface area contributed by atoms with Crippen molar-refractivity contribution in [2.24, 2.45) is 11.3 Å². The molecule has 2 atom stereocenters. The van der Waals surface area contributed by atoms with Gasteiger partial charge in [0.15, 0.2) is 5.78 Å². The molecule has 3 aromatic rings. The number of aromatic nitrogens is 2. The van der Waals surface area contributed by atoms with Crippen molar-refractivity contribution in [3.05, 3.63) is 89.0 Å². The molecular formula is C27H28N4O3. The monoisotopic (exact) mass is 456 g/mol. The van der Waals surface area contributed by atoms with E-state index >= 15 is 0 Å². The van der Waals surface area contributed by atoms with Crippen LogP contribution in [0.1, 0.15) is 39.2 Å². The molecule has 0 aliphatic carbocycles. The number of aromatic amines is 1. The number of nitriles is 1. The highest BCUT2D eigenvalue weighted by atomic mass is 16.5. The van der Waals surface area contributed by atoms with Crippen LogP contribution in [-0.2, 0) is 22.5 Å². The maximum absolute atomic E-state index is 14.0. The first-order chi connectivity index (χ1) is 16.5. The summed E-state index contributed by atoms with van der Waals surface area (Å²) in [6.07, 6.45) is 4.31. The number of ketones is 1. The second kappa shape index (κ2) is 10.0. The van der Waals surface area contributed by atoms with Crippen molar-refractivity contribution in [1.29, 1.82) is 5.26 Å². The Kier molecular flexibility index (Phi) is 6.90. The number of likely N-dealkylation sites (tertiary alicyclic amines) is 1. The van der Waals surface area contributed by atoms with E-state index in [9.17, 15) is 9.59 Å². The average molecular weight is 457 g/mol. The molecule has 4 rings (SSSR count). The normalized spacial score (nSPS) is 20.4. The van der Waals surface area contributed by atoms with E-state index < -0.39 is 11.4 Å². The number of aryl methyl sites for hydroxylation is 1. The van der Waals surface area contributed by atoms with E-state index in [0.29, 0.717) is 43.6 Å². The van der Waals surface area contributed by atoms with E-state index in [4.69, 9.17) is 10.00 Å². The highest BCUT2D eigenvalue weighted by Gasteiger charge is 2.55. The number of methoxy groups -OCH3 is 1. The third-order valence-corrected chi connectivity index (χ3v) is 6.75. The maximum Gasteiger partial charge on any atom is 0.320 e. The van der Waals surface area contributed by atoms with Gasteiger partial charge in [-0.3, -0.25) is 14.5 Å². The van der Waals surface area contributed by atoms with E-state index in [0.717, 1.165) is 16.8 Å². The van der Waals surface area contributed by atoms with Crippen molar-refractivity contribution >= 4 is 11.8 Å². The first kappa shape index (κ1) is 23.4. The topological polar surface area (TPSA) is 99.1 Å². The standard InChI is InChI=1S/C27H28N4O3/c1-19-4-3-5-22(12-19)25(32)27(26(33)34-2)10-11-31(17-24-15-29-18-30-24)16-23(27)13-20-6-8-21(14-28)9-7-20/h3-9,12,15,18,23H,10-11,13,16-17H2,1-2H3,(H,29,30). The summed E-state index contributed by atoms with van der Waals surface area (Å²) in [5, 5.41) is 9.15. The van der Waals surface area contributed by atoms with E-state index in [1.807, 2.05) is 37.3 Å². The summed E-state index contributed by atoms with van der Waals surface area (Å²) in [6.45, 7) is 3.71. The number of ether oxygens (including phenoxy) is 1. The number of carbonyl (C=O) groups is 2. The highest BCUT2D eigenvalue weighted by molar-refractivity contribution is 6.13. The van der Waals surface area contributed by atoms with Crippen LogP contribution in [0.3, 0.4) is 0 Å². The third-order valence-electron chi connectivity index (χ3n) is 6.75. The Morgan fingerprint density at radius 1 is 1.26 bits per heavy atom. The van der Waals surface area contributed by atoms with Crippen LogP contribution in [0.4, 0.5) is 0 Å². The Morgan fingerprint density at radius 2 is 2.06 bits per heavy atom. The van der Waals surface area contributed by atoms with Gasteiger partial charge in [0.05, 0.1) is 25.1 Å². The van der Waals surface area contributed by atoms with Gasteiger partial charge in [-0.15, -0.1) is 0 Å². The van der Waals surface area contributed by atoms with Crippen LogP contribution >= 0.6 is 0 Å². The molecule has 7 nitrogen and oxygen atoms in total. The van der Waals surface area contributed by atoms with Crippen molar-refractivity contribution in [3.63, 3.8) is 0 Å². The molecule has 1 saturated heterocycles. The quantitative estimate of drug-likeness (QED) is 0.331. The minimum atomic E-state index is -1.29. The van der Waals surface area contributed by atoms with Gasteiger partial charge in [0.1, 0.15) is 5.41 Å². The minimum absolute atomic E-state index is 0.192. The number of imidazole rings is 1. The number of carbonyl (C=O) groups excluding carboxylic acids is 2. The fourth-order valence-electron chi connectivity index (χ4n) is 4.98. The van der Waals surface area contributed by atoms with Crippen molar-refractivity contribution in [3.8, 4) is 6.07 Å². The maximum atomic E-state index is 14.0. The molecular weight excluding hydrogens is 428 g/mol. The molecule has 0 bridgehead atoms. The number of Topliss-reactive ketones (excluding diaryl/α,β-unsaturated/α-hetero) is 1. The van der Waals surface area contributed by atoms with Gasteiger partial charge in [0, 0.05) is 37.1 Å². The number of piperidine rings is 1. The Labute approximate surface area is 199 Å². The van der Waals surface area contributed by atoms with Crippen molar-refractivity contribution in [2.45, 2.75) is 26.3 Å². The molecule has 7 heteroatoms. The Balaban J connectivity index is 1.73. The summed E-state index contributed by atoms with van der Waals surface area (Å²) < 4.78 is 5.27. The van der Waals surface area contributed by atoms with Gasteiger partial charge >= 0.3 is 5.97 Å². The first-order valence-electron chi connectivity index (χ1n) is 11.3. The van der Waals surface area contributed by atoms with Crippen LogP contribution in [0.2, 0.25) is 0 Å². The number of hydrogen-bond donors (Lipinski definition) is 1.